The first-order chi connectivity index (χ1) is 13.2. The molecule has 0 saturated carbocycles. The van der Waals surface area contributed by atoms with Crippen molar-refractivity contribution in [3.63, 3.8) is 0 Å². The Morgan fingerprint density at radius 1 is 1.33 bits per heavy atom. The Labute approximate surface area is 161 Å². The maximum Gasteiger partial charge on any atom is 0.191 e. The molecule has 0 spiro atoms. The molecule has 0 bridgehead atoms. The Hall–Kier alpha value is -2.08. The lowest BCUT2D eigenvalue weighted by Gasteiger charge is -2.34. The normalized spacial score (nSPS) is 19.0. The lowest BCUT2D eigenvalue weighted by atomic mass is 10.0. The van der Waals surface area contributed by atoms with Gasteiger partial charge >= 0.3 is 0 Å². The van der Waals surface area contributed by atoms with Gasteiger partial charge in [0.1, 0.15) is 5.82 Å². The largest absolute Gasteiger partial charge is 0.377 e. The number of hydrogen-bond acceptors (Lipinski definition) is 3. The molecule has 0 amide bonds. The summed E-state index contributed by atoms with van der Waals surface area (Å²) in [4.78, 5) is 6.99. The molecule has 2 aliphatic rings. The topological polar surface area (TPSA) is 48.9 Å². The van der Waals surface area contributed by atoms with Crippen LogP contribution in [0.2, 0.25) is 0 Å². The van der Waals surface area contributed by atoms with Gasteiger partial charge in [0, 0.05) is 37.9 Å². The van der Waals surface area contributed by atoms with E-state index in [1.807, 2.05) is 6.07 Å². The van der Waals surface area contributed by atoms with Gasteiger partial charge in [-0.05, 0) is 50.8 Å². The summed E-state index contributed by atoms with van der Waals surface area (Å²) in [5.74, 6) is 0.725. The maximum atomic E-state index is 13.4. The zero-order valence-electron chi connectivity index (χ0n) is 16.2. The van der Waals surface area contributed by atoms with Crippen LogP contribution < -0.4 is 15.5 Å². The Balaban J connectivity index is 1.47. The summed E-state index contributed by atoms with van der Waals surface area (Å²) < 4.78 is 18.8. The summed E-state index contributed by atoms with van der Waals surface area (Å²) >= 11 is 0. The van der Waals surface area contributed by atoms with Gasteiger partial charge in [0.15, 0.2) is 5.96 Å². The van der Waals surface area contributed by atoms with Gasteiger partial charge in [-0.25, -0.2) is 4.39 Å². The number of aliphatic imine (C=N–C) groups is 1. The second-order valence-electron chi connectivity index (χ2n) is 7.08. The smallest absolute Gasteiger partial charge is 0.191 e. The van der Waals surface area contributed by atoms with Crippen LogP contribution in [0.25, 0.3) is 0 Å². The number of hydrogen-bond donors (Lipinski definition) is 2. The highest BCUT2D eigenvalue weighted by atomic mass is 19.1. The SMILES string of the molecule is CCNC(=NCCC1=CCOCC1)NC1CCN(c2cccc(F)c2)CC1. The molecule has 2 heterocycles. The molecule has 1 fully saturated rings. The first-order valence-corrected chi connectivity index (χ1v) is 10.1. The summed E-state index contributed by atoms with van der Waals surface area (Å²) in [5, 5.41) is 6.92. The van der Waals surface area contributed by atoms with Gasteiger partial charge in [-0.3, -0.25) is 4.99 Å². The number of benzene rings is 1. The molecule has 3 rings (SSSR count). The van der Waals surface area contributed by atoms with Crippen molar-refractivity contribution in [2.45, 2.75) is 38.6 Å². The van der Waals surface area contributed by atoms with E-state index in [0.29, 0.717) is 6.04 Å². The van der Waals surface area contributed by atoms with Crippen LogP contribution in [0.3, 0.4) is 0 Å². The highest BCUT2D eigenvalue weighted by Crippen LogP contribution is 2.20. The molecule has 6 heteroatoms. The van der Waals surface area contributed by atoms with Crippen molar-refractivity contribution in [2.75, 3.05) is 44.3 Å². The fourth-order valence-electron chi connectivity index (χ4n) is 3.57. The summed E-state index contributed by atoms with van der Waals surface area (Å²) in [5.41, 5.74) is 2.42. The van der Waals surface area contributed by atoms with Crippen molar-refractivity contribution in [1.82, 2.24) is 10.6 Å². The van der Waals surface area contributed by atoms with Gasteiger partial charge in [-0.1, -0.05) is 17.7 Å². The molecule has 1 aromatic carbocycles. The van der Waals surface area contributed by atoms with Crippen LogP contribution in [0.5, 0.6) is 0 Å². The molecule has 2 N–H and O–H groups in total. The lowest BCUT2D eigenvalue weighted by molar-refractivity contribution is 0.153. The number of rotatable bonds is 6. The highest BCUT2D eigenvalue weighted by molar-refractivity contribution is 5.80. The summed E-state index contributed by atoms with van der Waals surface area (Å²) in [6.45, 7) is 7.15. The molecule has 5 nitrogen and oxygen atoms in total. The Morgan fingerprint density at radius 3 is 2.89 bits per heavy atom. The van der Waals surface area contributed by atoms with Crippen molar-refractivity contribution in [3.05, 3.63) is 41.7 Å². The van der Waals surface area contributed by atoms with Crippen LogP contribution in [0.1, 0.15) is 32.6 Å². The van der Waals surface area contributed by atoms with Gasteiger partial charge in [-0.2, -0.15) is 0 Å². The molecular weight excluding hydrogens is 343 g/mol. The van der Waals surface area contributed by atoms with Crippen LogP contribution in [0, 0.1) is 5.82 Å². The van der Waals surface area contributed by atoms with Crippen molar-refractivity contribution in [1.29, 1.82) is 0 Å². The van der Waals surface area contributed by atoms with Gasteiger partial charge in [0.25, 0.3) is 0 Å². The highest BCUT2D eigenvalue weighted by Gasteiger charge is 2.20. The lowest BCUT2D eigenvalue weighted by Crippen LogP contribution is -2.48. The Morgan fingerprint density at radius 2 is 2.19 bits per heavy atom. The third kappa shape index (κ3) is 6.24. The maximum absolute atomic E-state index is 13.4. The first-order valence-electron chi connectivity index (χ1n) is 10.1. The molecule has 148 valence electrons. The predicted molar refractivity (Wildman–Crippen MR) is 109 cm³/mol. The standard InChI is InChI=1S/C21H31FN4O/c1-2-23-21(24-11-6-17-9-14-27-15-10-17)25-19-7-12-26(13-8-19)20-5-3-4-18(22)16-20/h3-5,9,16,19H,2,6-8,10-15H2,1H3,(H2,23,24,25). The minimum absolute atomic E-state index is 0.172. The number of anilines is 1. The second-order valence-corrected chi connectivity index (χ2v) is 7.08. The van der Waals surface area contributed by atoms with E-state index in [0.717, 1.165) is 76.7 Å². The van der Waals surface area contributed by atoms with Gasteiger partial charge < -0.3 is 20.3 Å². The van der Waals surface area contributed by atoms with Crippen molar-refractivity contribution < 1.29 is 9.13 Å². The number of halogens is 1. The molecule has 0 aliphatic carbocycles. The Kier molecular flexibility index (Phi) is 7.51. The van der Waals surface area contributed by atoms with Crippen molar-refractivity contribution in [2.24, 2.45) is 4.99 Å². The number of guanidine groups is 1. The fourth-order valence-corrected chi connectivity index (χ4v) is 3.57. The molecule has 0 unspecified atom stereocenters. The molecule has 1 saturated heterocycles. The van der Waals surface area contributed by atoms with Crippen LogP contribution in [-0.2, 0) is 4.74 Å². The third-order valence-electron chi connectivity index (χ3n) is 5.11. The number of piperidine rings is 1. The number of ether oxygens (including phenoxy) is 1. The van der Waals surface area contributed by atoms with E-state index in [1.54, 1.807) is 12.1 Å². The second kappa shape index (κ2) is 10.3. The molecular formula is C21H31FN4O. The van der Waals surface area contributed by atoms with Crippen LogP contribution >= 0.6 is 0 Å². The monoisotopic (exact) mass is 374 g/mol. The zero-order chi connectivity index (χ0) is 18.9. The summed E-state index contributed by atoms with van der Waals surface area (Å²) in [6.07, 6.45) is 6.24. The first kappa shape index (κ1) is 19.7. The van der Waals surface area contributed by atoms with Crippen molar-refractivity contribution in [3.8, 4) is 0 Å². The number of nitrogens with one attached hydrogen (secondary N) is 2. The quantitative estimate of drug-likeness (QED) is 0.456. The molecule has 2 aliphatic heterocycles. The molecule has 0 atom stereocenters. The summed E-state index contributed by atoms with van der Waals surface area (Å²) in [6, 6.07) is 7.26. The molecule has 27 heavy (non-hydrogen) atoms. The van der Waals surface area contributed by atoms with E-state index in [4.69, 9.17) is 9.73 Å². The minimum atomic E-state index is -0.172. The van der Waals surface area contributed by atoms with Crippen LogP contribution in [0.15, 0.2) is 40.9 Å². The van der Waals surface area contributed by atoms with E-state index in [9.17, 15) is 4.39 Å². The van der Waals surface area contributed by atoms with Crippen LogP contribution in [0.4, 0.5) is 10.1 Å². The van der Waals surface area contributed by atoms with E-state index in [1.165, 1.54) is 11.6 Å². The van der Waals surface area contributed by atoms with E-state index < -0.39 is 0 Å². The molecule has 0 radical (unpaired) electrons. The van der Waals surface area contributed by atoms with E-state index >= 15 is 0 Å². The average Bonchev–Trinajstić information content (AvgIpc) is 2.69. The van der Waals surface area contributed by atoms with Crippen molar-refractivity contribution >= 4 is 11.6 Å². The predicted octanol–water partition coefficient (Wildman–Crippen LogP) is 3.09. The number of nitrogens with zero attached hydrogens (tertiary/aromatic N) is 2. The zero-order valence-corrected chi connectivity index (χ0v) is 16.2. The van der Waals surface area contributed by atoms with Gasteiger partial charge in [-0.15, -0.1) is 0 Å². The Bertz CT molecular complexity index is 653. The van der Waals surface area contributed by atoms with E-state index in [-0.39, 0.29) is 5.82 Å². The summed E-state index contributed by atoms with van der Waals surface area (Å²) in [7, 11) is 0. The molecule has 0 aromatic heterocycles. The molecule has 1 aromatic rings. The van der Waals surface area contributed by atoms with E-state index in [2.05, 4.69) is 28.5 Å². The van der Waals surface area contributed by atoms with Crippen LogP contribution in [-0.4, -0.2) is 51.4 Å². The third-order valence-corrected chi connectivity index (χ3v) is 5.11. The average molecular weight is 375 g/mol. The minimum Gasteiger partial charge on any atom is -0.377 e. The van der Waals surface area contributed by atoms with Gasteiger partial charge in [0.05, 0.1) is 13.2 Å². The van der Waals surface area contributed by atoms with Gasteiger partial charge in [0.2, 0.25) is 0 Å². The fraction of sp³-hybridized carbons (Fsp3) is 0.571.